The number of carbonyl (C=O) groups excluding carboxylic acids is 1. The molecule has 0 fully saturated rings. The molecule has 20 heavy (non-hydrogen) atoms. The van der Waals surface area contributed by atoms with Crippen LogP contribution < -0.4 is 0 Å². The van der Waals surface area contributed by atoms with Gasteiger partial charge in [-0.25, -0.2) is 0 Å². The summed E-state index contributed by atoms with van der Waals surface area (Å²) in [6.07, 6.45) is 5.58. The molecule has 0 rings (SSSR count). The summed E-state index contributed by atoms with van der Waals surface area (Å²) in [6.45, 7) is 8.69. The number of carbonyl (C=O) groups is 2. The van der Waals surface area contributed by atoms with Gasteiger partial charge in [0.2, 0.25) is 5.91 Å². The first kappa shape index (κ1) is 21.2. The molecule has 0 aromatic rings. The smallest absolute Gasteiger partial charge is 0.300 e. The number of aliphatic carboxylic acids is 1. The van der Waals surface area contributed by atoms with Gasteiger partial charge >= 0.3 is 0 Å². The van der Waals surface area contributed by atoms with Crippen molar-refractivity contribution in [1.82, 2.24) is 9.80 Å². The topological polar surface area (TPSA) is 60.9 Å². The number of carboxylic acid groups (broad SMARTS) is 1. The molecule has 1 N–H and O–H groups in total. The largest absolute Gasteiger partial charge is 0.481 e. The van der Waals surface area contributed by atoms with Gasteiger partial charge in [0.15, 0.2) is 0 Å². The van der Waals surface area contributed by atoms with E-state index in [1.165, 1.54) is 25.7 Å². The van der Waals surface area contributed by atoms with Crippen LogP contribution in [0.2, 0.25) is 0 Å². The van der Waals surface area contributed by atoms with Crippen LogP contribution in [0.4, 0.5) is 0 Å². The fourth-order valence-corrected chi connectivity index (χ4v) is 1.58. The van der Waals surface area contributed by atoms with Crippen LogP contribution in [0, 0.1) is 0 Å². The Kier molecular flexibility index (Phi) is 15.2. The molecule has 0 heterocycles. The molecule has 0 aliphatic carbocycles. The predicted molar refractivity (Wildman–Crippen MR) is 82.9 cm³/mol. The monoisotopic (exact) mass is 288 g/mol. The van der Waals surface area contributed by atoms with Gasteiger partial charge in [-0.2, -0.15) is 0 Å². The van der Waals surface area contributed by atoms with Gasteiger partial charge in [-0.1, -0.05) is 26.7 Å². The van der Waals surface area contributed by atoms with E-state index >= 15 is 0 Å². The van der Waals surface area contributed by atoms with Crippen molar-refractivity contribution in [3.63, 3.8) is 0 Å². The average molecular weight is 288 g/mol. The van der Waals surface area contributed by atoms with Gasteiger partial charge in [0.25, 0.3) is 5.97 Å². The van der Waals surface area contributed by atoms with Gasteiger partial charge in [0.05, 0.1) is 0 Å². The Morgan fingerprint density at radius 1 is 0.950 bits per heavy atom. The van der Waals surface area contributed by atoms with Crippen LogP contribution in [0.15, 0.2) is 0 Å². The number of carboxylic acids is 1. The Balaban J connectivity index is 0. The molecule has 0 atom stereocenters. The molecule has 0 saturated carbocycles. The Labute approximate surface area is 123 Å². The molecule has 120 valence electrons. The Morgan fingerprint density at radius 3 is 1.65 bits per heavy atom. The third-order valence-corrected chi connectivity index (χ3v) is 2.80. The molecule has 0 aliphatic rings. The third-order valence-electron chi connectivity index (χ3n) is 2.80. The van der Waals surface area contributed by atoms with E-state index in [2.05, 4.69) is 18.7 Å². The lowest BCUT2D eigenvalue weighted by molar-refractivity contribution is -0.134. The number of rotatable bonds is 9. The van der Waals surface area contributed by atoms with E-state index in [1.54, 1.807) is 4.90 Å². The quantitative estimate of drug-likeness (QED) is 0.708. The highest BCUT2D eigenvalue weighted by Gasteiger charge is 2.08. The zero-order valence-corrected chi connectivity index (χ0v) is 13.8. The maximum atomic E-state index is 11.5. The number of nitrogens with zero attached hydrogens (tertiary/aromatic N) is 2. The van der Waals surface area contributed by atoms with Gasteiger partial charge in [-0.3, -0.25) is 9.59 Å². The lowest BCUT2D eigenvalue weighted by Crippen LogP contribution is -2.31. The SMILES string of the molecule is CC(=O)O.CCCCN(CCCC)CCC(=O)N(C)C. The van der Waals surface area contributed by atoms with Crippen molar-refractivity contribution in [2.75, 3.05) is 33.7 Å². The van der Waals surface area contributed by atoms with Crippen LogP contribution in [0.3, 0.4) is 0 Å². The summed E-state index contributed by atoms with van der Waals surface area (Å²) >= 11 is 0. The fraction of sp³-hybridized carbons (Fsp3) is 0.867. The summed E-state index contributed by atoms with van der Waals surface area (Å²) in [7, 11) is 3.65. The van der Waals surface area contributed by atoms with Crippen LogP contribution in [0.1, 0.15) is 52.9 Å². The molecule has 1 amide bonds. The van der Waals surface area contributed by atoms with E-state index in [4.69, 9.17) is 9.90 Å². The van der Waals surface area contributed by atoms with Gasteiger partial charge in [0.1, 0.15) is 0 Å². The molecule has 5 heteroatoms. The average Bonchev–Trinajstić information content (AvgIpc) is 2.36. The molecule has 0 unspecified atom stereocenters. The minimum absolute atomic E-state index is 0.234. The third kappa shape index (κ3) is 16.9. The van der Waals surface area contributed by atoms with Crippen LogP contribution in [-0.2, 0) is 9.59 Å². The molecule has 0 aromatic heterocycles. The highest BCUT2D eigenvalue weighted by molar-refractivity contribution is 5.75. The van der Waals surface area contributed by atoms with Gasteiger partial charge < -0.3 is 14.9 Å². The predicted octanol–water partition coefficient (Wildman–Crippen LogP) is 2.46. The van der Waals surface area contributed by atoms with Gasteiger partial charge in [0, 0.05) is 34.0 Å². The summed E-state index contributed by atoms with van der Waals surface area (Å²) < 4.78 is 0. The highest BCUT2D eigenvalue weighted by atomic mass is 16.4. The first-order valence-corrected chi connectivity index (χ1v) is 7.47. The first-order valence-electron chi connectivity index (χ1n) is 7.47. The van der Waals surface area contributed by atoms with Gasteiger partial charge in [-0.05, 0) is 25.9 Å². The molecule has 0 aliphatic heterocycles. The second kappa shape index (κ2) is 14.3. The fourth-order valence-electron chi connectivity index (χ4n) is 1.58. The summed E-state index contributed by atoms with van der Waals surface area (Å²) in [5.41, 5.74) is 0. The zero-order chi connectivity index (χ0) is 16.0. The van der Waals surface area contributed by atoms with Crippen molar-refractivity contribution >= 4 is 11.9 Å². The minimum atomic E-state index is -0.833. The number of amides is 1. The van der Waals surface area contributed by atoms with Gasteiger partial charge in [-0.15, -0.1) is 0 Å². The Morgan fingerprint density at radius 2 is 1.35 bits per heavy atom. The Bertz CT molecular complexity index is 244. The van der Waals surface area contributed by atoms with E-state index in [0.29, 0.717) is 6.42 Å². The van der Waals surface area contributed by atoms with Crippen molar-refractivity contribution < 1.29 is 14.7 Å². The molecular weight excluding hydrogens is 256 g/mol. The van der Waals surface area contributed by atoms with Crippen molar-refractivity contribution in [3.05, 3.63) is 0 Å². The summed E-state index contributed by atoms with van der Waals surface area (Å²) in [6, 6.07) is 0. The lowest BCUT2D eigenvalue weighted by atomic mass is 10.2. The van der Waals surface area contributed by atoms with E-state index in [0.717, 1.165) is 26.6 Å². The Hall–Kier alpha value is -1.10. The van der Waals surface area contributed by atoms with Crippen LogP contribution in [0.25, 0.3) is 0 Å². The summed E-state index contributed by atoms with van der Waals surface area (Å²) in [5.74, 6) is -0.599. The number of hydrogen-bond acceptors (Lipinski definition) is 3. The van der Waals surface area contributed by atoms with Crippen molar-refractivity contribution in [1.29, 1.82) is 0 Å². The maximum absolute atomic E-state index is 11.5. The molecular formula is C15H32N2O3. The number of unbranched alkanes of at least 4 members (excludes halogenated alkanes) is 2. The molecule has 5 nitrogen and oxygen atoms in total. The second-order valence-corrected chi connectivity index (χ2v) is 5.11. The summed E-state index contributed by atoms with van der Waals surface area (Å²) in [5, 5.41) is 7.42. The van der Waals surface area contributed by atoms with Crippen LogP contribution in [-0.4, -0.2) is 60.5 Å². The highest BCUT2D eigenvalue weighted by Crippen LogP contribution is 2.01. The van der Waals surface area contributed by atoms with Crippen molar-refractivity contribution in [2.45, 2.75) is 52.9 Å². The summed E-state index contributed by atoms with van der Waals surface area (Å²) in [4.78, 5) is 24.6. The van der Waals surface area contributed by atoms with E-state index in [-0.39, 0.29) is 5.91 Å². The zero-order valence-electron chi connectivity index (χ0n) is 13.8. The van der Waals surface area contributed by atoms with Crippen molar-refractivity contribution in [2.24, 2.45) is 0 Å². The normalized spacial score (nSPS) is 9.90. The molecule has 0 spiro atoms. The van der Waals surface area contributed by atoms with E-state index in [9.17, 15) is 4.79 Å². The van der Waals surface area contributed by atoms with Crippen molar-refractivity contribution in [3.8, 4) is 0 Å². The van der Waals surface area contributed by atoms with E-state index < -0.39 is 5.97 Å². The first-order chi connectivity index (χ1) is 9.34. The maximum Gasteiger partial charge on any atom is 0.300 e. The molecule has 0 saturated heterocycles. The van der Waals surface area contributed by atoms with E-state index in [1.807, 2.05) is 14.1 Å². The molecule has 0 bridgehead atoms. The lowest BCUT2D eigenvalue weighted by Gasteiger charge is -2.22. The number of hydrogen-bond donors (Lipinski definition) is 1. The van der Waals surface area contributed by atoms with Crippen LogP contribution >= 0.6 is 0 Å². The standard InChI is InChI=1S/C13H28N2O.C2H4O2/c1-5-7-10-15(11-8-6-2)12-9-13(16)14(3)4;1-2(3)4/h5-12H2,1-4H3;1H3,(H,3,4). The second-order valence-electron chi connectivity index (χ2n) is 5.11. The molecule has 0 aromatic carbocycles. The minimum Gasteiger partial charge on any atom is -0.481 e. The van der Waals surface area contributed by atoms with Crippen LogP contribution in [0.5, 0.6) is 0 Å². The molecule has 0 radical (unpaired) electrons.